The number of halogens is 1. The Hall–Kier alpha value is -2.39. The molecule has 0 bridgehead atoms. The van der Waals surface area contributed by atoms with Crippen LogP contribution in [0.4, 0.5) is 0 Å². The first-order chi connectivity index (χ1) is 13.6. The van der Waals surface area contributed by atoms with Crippen LogP contribution in [-0.2, 0) is 4.79 Å². The lowest BCUT2D eigenvalue weighted by molar-refractivity contribution is -0.119. The molecule has 1 aromatic heterocycles. The first-order valence-electron chi connectivity index (χ1n) is 8.76. The van der Waals surface area contributed by atoms with Crippen molar-refractivity contribution in [1.82, 2.24) is 25.5 Å². The number of hydrogen-bond acceptors (Lipinski definition) is 6. The van der Waals surface area contributed by atoms with Crippen molar-refractivity contribution in [2.75, 3.05) is 12.4 Å². The number of para-hydroxylation sites is 2. The van der Waals surface area contributed by atoms with Crippen molar-refractivity contribution in [3.63, 3.8) is 0 Å². The van der Waals surface area contributed by atoms with Crippen LogP contribution in [0, 0.1) is 0 Å². The summed E-state index contributed by atoms with van der Waals surface area (Å²) in [7, 11) is 0. The first-order valence-corrected chi connectivity index (χ1v) is 10.5. The predicted molar refractivity (Wildman–Crippen MR) is 112 cm³/mol. The van der Waals surface area contributed by atoms with E-state index in [2.05, 4.69) is 36.8 Å². The monoisotopic (exact) mass is 461 g/mol. The highest BCUT2D eigenvalue weighted by molar-refractivity contribution is 9.10. The zero-order chi connectivity index (χ0) is 19.9. The van der Waals surface area contributed by atoms with E-state index in [1.54, 1.807) is 4.68 Å². The smallest absolute Gasteiger partial charge is 0.230 e. The Morgan fingerprint density at radius 2 is 2.00 bits per heavy atom. The van der Waals surface area contributed by atoms with Crippen LogP contribution in [0.15, 0.2) is 58.2 Å². The number of hydrogen-bond donors (Lipinski definition) is 1. The summed E-state index contributed by atoms with van der Waals surface area (Å²) < 4.78 is 8.23. The van der Waals surface area contributed by atoms with Gasteiger partial charge in [0, 0.05) is 4.47 Å². The van der Waals surface area contributed by atoms with Crippen LogP contribution in [0.3, 0.4) is 0 Å². The van der Waals surface area contributed by atoms with Crippen LogP contribution in [0.2, 0.25) is 0 Å². The standard InChI is InChI=1S/C19H20BrN5O2S/c1-3-27-17-7-5-4-6-16(17)25-19(22-23-24-25)28-12-18(26)21-13(2)14-8-10-15(20)11-9-14/h4-11,13H,3,12H2,1-2H3,(H,21,26). The molecule has 0 spiro atoms. The Bertz CT molecular complexity index is 932. The molecule has 2 aromatic carbocycles. The van der Waals surface area contributed by atoms with Gasteiger partial charge in [-0.15, -0.1) is 5.10 Å². The summed E-state index contributed by atoms with van der Waals surface area (Å²) in [6.07, 6.45) is 0. The van der Waals surface area contributed by atoms with E-state index in [1.165, 1.54) is 11.8 Å². The predicted octanol–water partition coefficient (Wildman–Crippen LogP) is 3.79. The lowest BCUT2D eigenvalue weighted by Gasteiger charge is -2.14. The second-order valence-electron chi connectivity index (χ2n) is 5.90. The van der Waals surface area contributed by atoms with Crippen LogP contribution in [0.5, 0.6) is 5.75 Å². The van der Waals surface area contributed by atoms with Crippen LogP contribution in [-0.4, -0.2) is 38.5 Å². The highest BCUT2D eigenvalue weighted by Crippen LogP contribution is 2.26. The topological polar surface area (TPSA) is 81.9 Å². The van der Waals surface area contributed by atoms with Crippen molar-refractivity contribution in [2.45, 2.75) is 25.0 Å². The van der Waals surface area contributed by atoms with Crippen molar-refractivity contribution in [3.8, 4) is 11.4 Å². The van der Waals surface area contributed by atoms with E-state index < -0.39 is 0 Å². The molecule has 3 rings (SSSR count). The van der Waals surface area contributed by atoms with Gasteiger partial charge in [-0.25, -0.2) is 0 Å². The highest BCUT2D eigenvalue weighted by atomic mass is 79.9. The summed E-state index contributed by atoms with van der Waals surface area (Å²) >= 11 is 4.69. The second-order valence-corrected chi connectivity index (χ2v) is 7.76. The molecule has 28 heavy (non-hydrogen) atoms. The maximum atomic E-state index is 12.4. The average molecular weight is 462 g/mol. The number of aromatic nitrogens is 4. The molecule has 0 aliphatic heterocycles. The van der Waals surface area contributed by atoms with Gasteiger partial charge < -0.3 is 10.1 Å². The molecule has 1 N–H and O–H groups in total. The molecule has 1 heterocycles. The minimum absolute atomic E-state index is 0.0872. The van der Waals surface area contributed by atoms with Gasteiger partial charge in [0.25, 0.3) is 0 Å². The first kappa shape index (κ1) is 20.3. The van der Waals surface area contributed by atoms with Crippen molar-refractivity contribution < 1.29 is 9.53 Å². The molecule has 3 aromatic rings. The Kier molecular flexibility index (Phi) is 7.05. The van der Waals surface area contributed by atoms with E-state index in [4.69, 9.17) is 4.74 Å². The Morgan fingerprint density at radius 1 is 1.25 bits per heavy atom. The third-order valence-corrected chi connectivity index (χ3v) is 5.36. The molecule has 0 aliphatic rings. The Balaban J connectivity index is 1.64. The van der Waals surface area contributed by atoms with E-state index in [-0.39, 0.29) is 17.7 Å². The molecule has 7 nitrogen and oxygen atoms in total. The number of nitrogens with one attached hydrogen (secondary N) is 1. The average Bonchev–Trinajstić information content (AvgIpc) is 3.16. The quantitative estimate of drug-likeness (QED) is 0.513. The number of nitrogens with zero attached hydrogens (tertiary/aromatic N) is 4. The largest absolute Gasteiger partial charge is 0.492 e. The lowest BCUT2D eigenvalue weighted by atomic mass is 10.1. The fraction of sp³-hybridized carbons (Fsp3) is 0.263. The molecule has 9 heteroatoms. The summed E-state index contributed by atoms with van der Waals surface area (Å²) in [6, 6.07) is 15.3. The summed E-state index contributed by atoms with van der Waals surface area (Å²) in [4.78, 5) is 12.4. The third kappa shape index (κ3) is 5.11. The minimum Gasteiger partial charge on any atom is -0.492 e. The van der Waals surface area contributed by atoms with E-state index in [0.717, 1.165) is 15.7 Å². The van der Waals surface area contributed by atoms with Crippen LogP contribution < -0.4 is 10.1 Å². The van der Waals surface area contributed by atoms with Gasteiger partial charge in [0.2, 0.25) is 11.1 Å². The Morgan fingerprint density at radius 3 is 2.75 bits per heavy atom. The maximum Gasteiger partial charge on any atom is 0.230 e. The molecule has 0 saturated heterocycles. The molecule has 146 valence electrons. The SMILES string of the molecule is CCOc1ccccc1-n1nnnc1SCC(=O)NC(C)c1ccc(Br)cc1. The van der Waals surface area contributed by atoms with Gasteiger partial charge in [-0.1, -0.05) is 52.0 Å². The zero-order valence-corrected chi connectivity index (χ0v) is 17.9. The summed E-state index contributed by atoms with van der Waals surface area (Å²) in [6.45, 7) is 4.41. The molecule has 1 unspecified atom stereocenters. The number of amides is 1. The molecular weight excluding hydrogens is 442 g/mol. The number of carbonyl (C=O) groups is 1. The van der Waals surface area contributed by atoms with Crippen LogP contribution in [0.1, 0.15) is 25.5 Å². The number of rotatable bonds is 8. The number of tetrazole rings is 1. The Labute approximate surface area is 176 Å². The number of thioether (sulfide) groups is 1. The summed E-state index contributed by atoms with van der Waals surface area (Å²) in [5.41, 5.74) is 1.78. The zero-order valence-electron chi connectivity index (χ0n) is 15.5. The van der Waals surface area contributed by atoms with Gasteiger partial charge in [0.15, 0.2) is 0 Å². The van der Waals surface area contributed by atoms with E-state index >= 15 is 0 Å². The fourth-order valence-corrected chi connectivity index (χ4v) is 3.54. The van der Waals surface area contributed by atoms with Crippen molar-refractivity contribution in [2.24, 2.45) is 0 Å². The van der Waals surface area contributed by atoms with Gasteiger partial charge in [-0.2, -0.15) is 4.68 Å². The van der Waals surface area contributed by atoms with E-state index in [9.17, 15) is 4.79 Å². The van der Waals surface area contributed by atoms with Crippen LogP contribution >= 0.6 is 27.7 Å². The lowest BCUT2D eigenvalue weighted by Crippen LogP contribution is -2.28. The molecule has 0 fully saturated rings. The number of carbonyl (C=O) groups excluding carboxylic acids is 1. The summed E-state index contributed by atoms with van der Waals surface area (Å²) in [5.74, 6) is 0.804. The summed E-state index contributed by atoms with van der Waals surface area (Å²) in [5, 5.41) is 15.3. The van der Waals surface area contributed by atoms with Gasteiger partial charge in [0.1, 0.15) is 11.4 Å². The molecule has 0 saturated carbocycles. The molecule has 0 radical (unpaired) electrons. The minimum atomic E-state index is -0.0898. The van der Waals surface area contributed by atoms with Crippen molar-refractivity contribution >= 4 is 33.6 Å². The van der Waals surface area contributed by atoms with E-state index in [0.29, 0.717) is 17.5 Å². The highest BCUT2D eigenvalue weighted by Gasteiger charge is 2.16. The molecule has 0 aliphatic carbocycles. The fourth-order valence-electron chi connectivity index (χ4n) is 2.58. The van der Waals surface area contributed by atoms with Gasteiger partial charge in [-0.3, -0.25) is 4.79 Å². The van der Waals surface area contributed by atoms with Gasteiger partial charge in [0.05, 0.1) is 18.4 Å². The third-order valence-electron chi connectivity index (χ3n) is 3.91. The number of ether oxygens (including phenoxy) is 1. The normalized spacial score (nSPS) is 11.8. The second kappa shape index (κ2) is 9.70. The molecule has 1 atom stereocenters. The van der Waals surface area contributed by atoms with Gasteiger partial charge in [-0.05, 0) is 54.1 Å². The molecular formula is C19H20BrN5O2S. The van der Waals surface area contributed by atoms with E-state index in [1.807, 2.05) is 62.4 Å². The van der Waals surface area contributed by atoms with Crippen LogP contribution in [0.25, 0.3) is 5.69 Å². The maximum absolute atomic E-state index is 12.4. The van der Waals surface area contributed by atoms with Gasteiger partial charge >= 0.3 is 0 Å². The number of benzene rings is 2. The molecule has 1 amide bonds. The van der Waals surface area contributed by atoms with Crippen molar-refractivity contribution in [1.29, 1.82) is 0 Å². The van der Waals surface area contributed by atoms with Crippen molar-refractivity contribution in [3.05, 3.63) is 58.6 Å².